The van der Waals surface area contributed by atoms with E-state index < -0.39 is 34.3 Å². The molecule has 3 aromatic rings. The smallest absolute Gasteiger partial charge is 0.167 e. The standard InChI is InChI=1S/C48H32N4O6S5/c1-53-47-31(21-37(62-47)27-9-5-3-6-10-27)39-33(13-15-35-41-43(57-19-17-55-41)45(60-35)29(23-49)24-50)59-34(14-16-36-42-44(58-20-18-56-42)46(61-36)30(25-51)26-52)40(39)32-22-38(63-48(32,47)54-2)28-11-7-4-8-12-28/h3-12,21-22,31-32,41-44H,17-20H2,1-2H3. The van der Waals surface area contributed by atoms with Crippen molar-refractivity contribution in [2.45, 2.75) is 46.1 Å². The summed E-state index contributed by atoms with van der Waals surface area (Å²) in [6.45, 7) is 1.39. The minimum Gasteiger partial charge on any atom is -0.367 e. The maximum atomic E-state index is 9.83. The van der Waals surface area contributed by atoms with Gasteiger partial charge in [0.25, 0.3) is 0 Å². The predicted octanol–water partition coefficient (Wildman–Crippen LogP) is 7.69. The van der Waals surface area contributed by atoms with Crippen LogP contribution in [0.25, 0.3) is 21.3 Å². The summed E-state index contributed by atoms with van der Waals surface area (Å²) in [6, 6.07) is 28.6. The lowest BCUT2D eigenvalue weighted by Gasteiger charge is -2.52. The Bertz CT molecular complexity index is 2820. The number of thiophene rings is 1. The zero-order valence-corrected chi connectivity index (χ0v) is 37.6. The molecule has 1 aromatic heterocycles. The topological polar surface area (TPSA) is 151 Å². The summed E-state index contributed by atoms with van der Waals surface area (Å²) in [5, 5.41) is 39.3. The second-order valence-corrected chi connectivity index (χ2v) is 20.5. The number of ether oxygens (including phenoxy) is 6. The third kappa shape index (κ3) is 6.76. The fourth-order valence-electron chi connectivity index (χ4n) is 9.02. The average Bonchev–Trinajstić information content (AvgIpc) is 4.17. The summed E-state index contributed by atoms with van der Waals surface area (Å²) in [7, 11) is 3.51. The number of benzene rings is 2. The van der Waals surface area contributed by atoms with Crippen molar-refractivity contribution in [1.29, 1.82) is 21.0 Å². The molecular weight excluding hydrogens is 889 g/mol. The van der Waals surface area contributed by atoms with E-state index in [0.717, 1.165) is 41.1 Å². The van der Waals surface area contributed by atoms with Gasteiger partial charge in [0.2, 0.25) is 0 Å². The van der Waals surface area contributed by atoms with Crippen LogP contribution in [0.3, 0.4) is 0 Å². The SMILES string of the molecule is COC12SC(c3ccccc3)=CC1c1c(c(=C=C=C3SC(=C(C#N)C#N)C4OCCOC34)sc1=C=C=C1SC(=C(C#N)C#N)C3OCCOC13)C1C=C(c3ccccc3)SC12OC. The number of nitrogens with zero attached hydrogens (tertiary/aromatic N) is 4. The van der Waals surface area contributed by atoms with Crippen molar-refractivity contribution in [3.63, 3.8) is 0 Å². The van der Waals surface area contributed by atoms with Crippen molar-refractivity contribution in [1.82, 2.24) is 0 Å². The lowest BCUT2D eigenvalue weighted by Crippen LogP contribution is -2.59. The first-order valence-electron chi connectivity index (χ1n) is 19.8. The van der Waals surface area contributed by atoms with Crippen LogP contribution in [0.2, 0.25) is 0 Å². The number of rotatable bonds is 4. The van der Waals surface area contributed by atoms with Gasteiger partial charge in [-0.2, -0.15) is 21.0 Å². The maximum absolute atomic E-state index is 9.83. The van der Waals surface area contributed by atoms with Crippen LogP contribution in [0.15, 0.2) is 115 Å². The van der Waals surface area contributed by atoms with Crippen molar-refractivity contribution in [2.24, 2.45) is 0 Å². The lowest BCUT2D eigenvalue weighted by molar-refractivity contribution is -0.101. The van der Waals surface area contributed by atoms with Gasteiger partial charge in [-0.05, 0) is 33.7 Å². The third-order valence-corrected chi connectivity index (χ3v) is 18.6. The molecule has 0 N–H and O–H groups in total. The molecule has 7 heterocycles. The molecule has 4 saturated heterocycles. The second kappa shape index (κ2) is 17.2. The number of hydrogen-bond acceptors (Lipinski definition) is 15. The number of fused-ring (bicyclic) bond motifs is 8. The van der Waals surface area contributed by atoms with Gasteiger partial charge in [0.15, 0.2) is 9.87 Å². The Balaban J connectivity index is 1.31. The van der Waals surface area contributed by atoms with Crippen molar-refractivity contribution in [2.75, 3.05) is 40.6 Å². The summed E-state index contributed by atoms with van der Waals surface area (Å²) in [5.74, 6) is -0.723. The van der Waals surface area contributed by atoms with Gasteiger partial charge in [0, 0.05) is 35.9 Å². The van der Waals surface area contributed by atoms with Crippen LogP contribution in [0.4, 0.5) is 0 Å². The first-order chi connectivity index (χ1) is 30.9. The van der Waals surface area contributed by atoms with Crippen molar-refractivity contribution < 1.29 is 28.4 Å². The third-order valence-electron chi connectivity index (χ3n) is 11.7. The Hall–Kier alpha value is -4.92. The molecule has 0 saturated carbocycles. The van der Waals surface area contributed by atoms with Gasteiger partial charge < -0.3 is 28.4 Å². The van der Waals surface area contributed by atoms with E-state index >= 15 is 0 Å². The normalized spacial score (nSPS) is 29.6. The summed E-state index contributed by atoms with van der Waals surface area (Å²) in [4.78, 5) is 2.46. The fraction of sp³-hybridized carbons (Fsp3) is 0.292. The summed E-state index contributed by atoms with van der Waals surface area (Å²) in [5.41, 5.74) is 18.0. The van der Waals surface area contributed by atoms with E-state index in [1.807, 2.05) is 60.7 Å². The highest BCUT2D eigenvalue weighted by molar-refractivity contribution is 8.13. The van der Waals surface area contributed by atoms with Crippen LogP contribution in [-0.4, -0.2) is 74.9 Å². The molecule has 1 aliphatic carbocycles. The minimum atomic E-state index is -0.975. The van der Waals surface area contributed by atoms with E-state index in [0.29, 0.717) is 46.0 Å². The molecule has 8 atom stereocenters. The molecule has 7 aliphatic rings. The Morgan fingerprint density at radius 1 is 0.556 bits per heavy atom. The Labute approximate surface area is 384 Å². The van der Waals surface area contributed by atoms with Crippen molar-refractivity contribution in [3.8, 4) is 24.3 Å². The molecule has 10 rings (SSSR count). The summed E-state index contributed by atoms with van der Waals surface area (Å²) in [6.07, 6.45) is 2.25. The number of allylic oxidation sites excluding steroid dienone is 2. The van der Waals surface area contributed by atoms with E-state index in [4.69, 9.17) is 28.4 Å². The highest BCUT2D eigenvalue weighted by Crippen LogP contribution is 2.73. The van der Waals surface area contributed by atoms with Gasteiger partial charge in [-0.1, -0.05) is 131 Å². The molecule has 4 fully saturated rings. The first-order valence-corrected chi connectivity index (χ1v) is 23.9. The van der Waals surface area contributed by atoms with Crippen molar-refractivity contribution >= 4 is 79.7 Å². The van der Waals surface area contributed by atoms with E-state index in [1.165, 1.54) is 34.9 Å². The van der Waals surface area contributed by atoms with E-state index in [2.05, 4.69) is 59.3 Å². The average molecular weight is 921 g/mol. The van der Waals surface area contributed by atoms with Gasteiger partial charge >= 0.3 is 0 Å². The van der Waals surface area contributed by atoms with Crippen LogP contribution in [0.5, 0.6) is 0 Å². The molecule has 0 amide bonds. The van der Waals surface area contributed by atoms with Crippen molar-refractivity contribution in [3.05, 3.63) is 146 Å². The van der Waals surface area contributed by atoms with Crippen LogP contribution in [0.1, 0.15) is 34.1 Å². The number of thioether (sulfide) groups is 4. The molecule has 310 valence electrons. The fourth-order valence-corrected chi connectivity index (χ4v) is 15.7. The molecule has 0 spiro atoms. The minimum absolute atomic E-state index is 0.0167. The Kier molecular flexibility index (Phi) is 11.5. The molecule has 0 bridgehead atoms. The van der Waals surface area contributed by atoms with E-state index in [9.17, 15) is 21.0 Å². The number of methoxy groups -OCH3 is 2. The quantitative estimate of drug-likeness (QED) is 0.186. The second-order valence-electron chi connectivity index (χ2n) is 14.8. The monoisotopic (exact) mass is 920 g/mol. The van der Waals surface area contributed by atoms with Crippen LogP contribution < -0.4 is 9.06 Å². The molecule has 6 aliphatic heterocycles. The van der Waals surface area contributed by atoms with Crippen LogP contribution in [0, 0.1) is 45.3 Å². The van der Waals surface area contributed by atoms with Gasteiger partial charge in [-0.15, -0.1) is 11.3 Å². The van der Waals surface area contributed by atoms with Crippen LogP contribution in [-0.2, 0) is 28.4 Å². The molecule has 2 aromatic carbocycles. The summed E-state index contributed by atoms with van der Waals surface area (Å²) < 4.78 is 39.8. The Morgan fingerprint density at radius 3 is 1.30 bits per heavy atom. The zero-order valence-electron chi connectivity index (χ0n) is 33.5. The Morgan fingerprint density at radius 2 is 0.937 bits per heavy atom. The number of nitriles is 4. The van der Waals surface area contributed by atoms with E-state index in [1.54, 1.807) is 37.7 Å². The van der Waals surface area contributed by atoms with Gasteiger partial charge in [-0.25, -0.2) is 0 Å². The van der Waals surface area contributed by atoms with Gasteiger partial charge in [0.05, 0.1) is 55.1 Å². The first kappa shape index (κ1) is 42.1. The number of hydrogen-bond donors (Lipinski definition) is 0. The lowest BCUT2D eigenvalue weighted by atomic mass is 9.72. The molecule has 63 heavy (non-hydrogen) atoms. The highest BCUT2D eigenvalue weighted by Gasteiger charge is 2.70. The zero-order chi connectivity index (χ0) is 43.3. The summed E-state index contributed by atoms with van der Waals surface area (Å²) >= 11 is 7.35. The van der Waals surface area contributed by atoms with E-state index in [-0.39, 0.29) is 23.0 Å². The molecule has 8 unspecified atom stereocenters. The van der Waals surface area contributed by atoms with Gasteiger partial charge in [-0.3, -0.25) is 0 Å². The molecule has 15 heteroatoms. The maximum Gasteiger partial charge on any atom is 0.167 e. The van der Waals surface area contributed by atoms with Gasteiger partial charge in [0.1, 0.15) is 59.8 Å². The molecular formula is C48H32N4O6S5. The predicted molar refractivity (Wildman–Crippen MR) is 244 cm³/mol. The molecule has 0 radical (unpaired) electrons. The largest absolute Gasteiger partial charge is 0.367 e. The molecule has 10 nitrogen and oxygen atoms in total. The highest BCUT2D eigenvalue weighted by atomic mass is 32.2. The van der Waals surface area contributed by atoms with Crippen LogP contribution >= 0.6 is 58.4 Å².